The van der Waals surface area contributed by atoms with Crippen molar-refractivity contribution in [2.45, 2.75) is 31.3 Å². The van der Waals surface area contributed by atoms with Crippen molar-refractivity contribution < 1.29 is 4.74 Å². The maximum Gasteiger partial charge on any atom is 0.142 e. The predicted octanol–water partition coefficient (Wildman–Crippen LogP) is 2.83. The zero-order valence-electron chi connectivity index (χ0n) is 16.8. The fourth-order valence-corrected chi connectivity index (χ4v) is 4.54. The van der Waals surface area contributed by atoms with Crippen LogP contribution in [-0.4, -0.2) is 55.1 Å². The van der Waals surface area contributed by atoms with Crippen LogP contribution in [0.15, 0.2) is 24.3 Å². The molecule has 2 aromatic rings. The monoisotopic (exact) mass is 377 g/mol. The van der Waals surface area contributed by atoms with E-state index in [0.717, 1.165) is 53.9 Å². The molecule has 0 radical (unpaired) electrons. The Morgan fingerprint density at radius 1 is 1.32 bits per heavy atom. The van der Waals surface area contributed by atoms with Gasteiger partial charge in [0.2, 0.25) is 0 Å². The summed E-state index contributed by atoms with van der Waals surface area (Å²) in [5.74, 6) is 1.11. The summed E-state index contributed by atoms with van der Waals surface area (Å²) in [6.07, 6.45) is 3.12. The standard InChI is InChI=1S/C22H27N5O/c1-26(2)10-11-28-19-7-5-4-6-15(19)20-16(13-23)22(24)25-17-12-14-8-9-18(21(17)20)27(14)3/h4-7,14,18H,8-12H2,1-3H3,(H2,24,25)/t14-,18+/m1/s1. The summed E-state index contributed by atoms with van der Waals surface area (Å²) in [7, 11) is 6.22. The molecule has 0 spiro atoms. The zero-order chi connectivity index (χ0) is 19.8. The van der Waals surface area contributed by atoms with E-state index in [9.17, 15) is 5.26 Å². The van der Waals surface area contributed by atoms with Gasteiger partial charge in [0.1, 0.15) is 29.8 Å². The van der Waals surface area contributed by atoms with Gasteiger partial charge in [-0.1, -0.05) is 18.2 Å². The Kier molecular flexibility index (Phi) is 4.96. The van der Waals surface area contributed by atoms with Crippen molar-refractivity contribution in [3.8, 4) is 22.9 Å². The number of rotatable bonds is 5. The van der Waals surface area contributed by atoms with Gasteiger partial charge in [0.15, 0.2) is 0 Å². The van der Waals surface area contributed by atoms with Gasteiger partial charge in [0.25, 0.3) is 0 Å². The van der Waals surface area contributed by atoms with Gasteiger partial charge in [-0.2, -0.15) is 5.26 Å². The van der Waals surface area contributed by atoms with E-state index in [1.807, 2.05) is 38.4 Å². The van der Waals surface area contributed by atoms with Gasteiger partial charge < -0.3 is 15.4 Å². The van der Waals surface area contributed by atoms with Crippen molar-refractivity contribution in [2.75, 3.05) is 40.0 Å². The lowest BCUT2D eigenvalue weighted by Crippen LogP contribution is -2.35. The number of anilines is 1. The minimum Gasteiger partial charge on any atom is -0.492 e. The topological polar surface area (TPSA) is 78.4 Å². The van der Waals surface area contributed by atoms with Crippen molar-refractivity contribution in [3.63, 3.8) is 0 Å². The lowest BCUT2D eigenvalue weighted by molar-refractivity contribution is 0.222. The molecule has 3 heterocycles. The van der Waals surface area contributed by atoms with Crippen LogP contribution in [0.5, 0.6) is 5.75 Å². The molecule has 1 aromatic heterocycles. The SMILES string of the molecule is CN(C)CCOc1ccccc1-c1c(C#N)c(N)nc2c1[C@@H]1CC[C@H](C2)N1C. The molecule has 0 amide bonds. The predicted molar refractivity (Wildman–Crippen MR) is 110 cm³/mol. The van der Waals surface area contributed by atoms with Crippen LogP contribution < -0.4 is 10.5 Å². The second kappa shape index (κ2) is 7.42. The second-order valence-electron chi connectivity index (χ2n) is 7.98. The smallest absolute Gasteiger partial charge is 0.142 e. The molecule has 0 unspecified atom stereocenters. The number of nitrogen functional groups attached to an aromatic ring is 1. The third-order valence-corrected chi connectivity index (χ3v) is 6.01. The van der Waals surface area contributed by atoms with Crippen LogP contribution in [0.2, 0.25) is 0 Å². The Morgan fingerprint density at radius 3 is 2.86 bits per heavy atom. The first kappa shape index (κ1) is 18.7. The number of hydrogen-bond donors (Lipinski definition) is 1. The average molecular weight is 377 g/mol. The van der Waals surface area contributed by atoms with Crippen LogP contribution >= 0.6 is 0 Å². The summed E-state index contributed by atoms with van der Waals surface area (Å²) >= 11 is 0. The first-order valence-corrected chi connectivity index (χ1v) is 9.82. The molecule has 0 aliphatic carbocycles. The largest absolute Gasteiger partial charge is 0.492 e. The van der Waals surface area contributed by atoms with E-state index in [1.165, 1.54) is 0 Å². The molecule has 1 saturated heterocycles. The molecule has 0 saturated carbocycles. The lowest BCUT2D eigenvalue weighted by Gasteiger charge is -2.34. The van der Waals surface area contributed by atoms with E-state index in [-0.39, 0.29) is 6.04 Å². The minimum atomic E-state index is 0.277. The summed E-state index contributed by atoms with van der Waals surface area (Å²) < 4.78 is 6.11. The summed E-state index contributed by atoms with van der Waals surface area (Å²) in [6.45, 7) is 1.41. The Bertz CT molecular complexity index is 933. The lowest BCUT2D eigenvalue weighted by atomic mass is 9.87. The van der Waals surface area contributed by atoms with E-state index >= 15 is 0 Å². The fraction of sp³-hybridized carbons (Fsp3) is 0.455. The zero-order valence-corrected chi connectivity index (χ0v) is 16.8. The molecule has 146 valence electrons. The molecule has 2 aliphatic rings. The quantitative estimate of drug-likeness (QED) is 0.863. The van der Waals surface area contributed by atoms with Crippen molar-refractivity contribution in [1.82, 2.24) is 14.8 Å². The molecule has 1 fully saturated rings. The number of fused-ring (bicyclic) bond motifs is 4. The van der Waals surface area contributed by atoms with Crippen LogP contribution in [0.1, 0.15) is 35.7 Å². The van der Waals surface area contributed by atoms with Gasteiger partial charge in [0.05, 0.1) is 0 Å². The van der Waals surface area contributed by atoms with Crippen molar-refractivity contribution in [1.29, 1.82) is 5.26 Å². The van der Waals surface area contributed by atoms with Crippen LogP contribution in [0.4, 0.5) is 5.82 Å². The minimum absolute atomic E-state index is 0.277. The van der Waals surface area contributed by atoms with Crippen LogP contribution in [0.3, 0.4) is 0 Å². The van der Waals surface area contributed by atoms with E-state index < -0.39 is 0 Å². The first-order valence-electron chi connectivity index (χ1n) is 9.82. The third kappa shape index (κ3) is 3.11. The number of nitrogens with two attached hydrogens (primary N) is 1. The summed E-state index contributed by atoms with van der Waals surface area (Å²) in [5.41, 5.74) is 10.7. The fourth-order valence-electron chi connectivity index (χ4n) is 4.54. The number of nitrogens with zero attached hydrogens (tertiary/aromatic N) is 4. The van der Waals surface area contributed by atoms with E-state index in [2.05, 4.69) is 27.9 Å². The van der Waals surface area contributed by atoms with Gasteiger partial charge in [-0.15, -0.1) is 0 Å². The van der Waals surface area contributed by atoms with Gasteiger partial charge in [-0.3, -0.25) is 4.90 Å². The molecule has 6 heteroatoms. The van der Waals surface area contributed by atoms with Gasteiger partial charge in [-0.25, -0.2) is 4.98 Å². The van der Waals surface area contributed by atoms with Gasteiger partial charge in [-0.05, 0) is 40.1 Å². The van der Waals surface area contributed by atoms with Gasteiger partial charge >= 0.3 is 0 Å². The molecule has 28 heavy (non-hydrogen) atoms. The first-order chi connectivity index (χ1) is 13.5. The highest BCUT2D eigenvalue weighted by Gasteiger charge is 2.41. The molecule has 2 aliphatic heterocycles. The summed E-state index contributed by atoms with van der Waals surface area (Å²) in [5, 5.41) is 9.91. The van der Waals surface area contributed by atoms with Crippen LogP contribution in [-0.2, 0) is 6.42 Å². The highest BCUT2D eigenvalue weighted by Crippen LogP contribution is 2.49. The Labute approximate surface area is 166 Å². The number of nitriles is 1. The number of hydrogen-bond acceptors (Lipinski definition) is 6. The maximum absolute atomic E-state index is 9.91. The summed E-state index contributed by atoms with van der Waals surface area (Å²) in [4.78, 5) is 9.16. The van der Waals surface area contributed by atoms with Crippen molar-refractivity contribution >= 4 is 5.82 Å². The van der Waals surface area contributed by atoms with E-state index in [4.69, 9.17) is 10.5 Å². The Morgan fingerprint density at radius 2 is 2.11 bits per heavy atom. The van der Waals surface area contributed by atoms with E-state index in [0.29, 0.717) is 24.0 Å². The molecule has 2 bridgehead atoms. The number of likely N-dealkylation sites (N-methyl/N-ethyl adjacent to an activating group) is 2. The van der Waals surface area contributed by atoms with Gasteiger partial charge in [0, 0.05) is 47.4 Å². The summed E-state index contributed by atoms with van der Waals surface area (Å²) in [6, 6.07) is 11.1. The Hall–Kier alpha value is -2.62. The third-order valence-electron chi connectivity index (χ3n) is 6.01. The van der Waals surface area contributed by atoms with E-state index in [1.54, 1.807) is 0 Å². The molecule has 2 atom stereocenters. The number of aromatic nitrogens is 1. The van der Waals surface area contributed by atoms with Crippen molar-refractivity contribution in [2.24, 2.45) is 0 Å². The second-order valence-corrected chi connectivity index (χ2v) is 7.98. The number of benzene rings is 1. The molecule has 4 rings (SSSR count). The Balaban J connectivity index is 1.87. The molecule has 1 aromatic carbocycles. The molecule has 2 N–H and O–H groups in total. The highest BCUT2D eigenvalue weighted by molar-refractivity contribution is 5.83. The van der Waals surface area contributed by atoms with Crippen LogP contribution in [0, 0.1) is 11.3 Å². The maximum atomic E-state index is 9.91. The number of para-hydroxylation sites is 1. The van der Waals surface area contributed by atoms with Crippen molar-refractivity contribution in [3.05, 3.63) is 41.1 Å². The molecular formula is C22H27N5O. The van der Waals surface area contributed by atoms with Crippen LogP contribution in [0.25, 0.3) is 11.1 Å². The normalized spacial score (nSPS) is 20.8. The number of pyridine rings is 1. The molecular weight excluding hydrogens is 350 g/mol. The number of ether oxygens (including phenoxy) is 1. The molecule has 6 nitrogen and oxygen atoms in total. The highest BCUT2D eigenvalue weighted by atomic mass is 16.5. The average Bonchev–Trinajstić information content (AvgIpc) is 2.90.